The number of carbonyl (C=O) groups is 2. The van der Waals surface area contributed by atoms with Gasteiger partial charge in [0, 0.05) is 19.4 Å². The Bertz CT molecular complexity index is 2120. The van der Waals surface area contributed by atoms with Gasteiger partial charge in [-0.3, -0.25) is 18.6 Å². The van der Waals surface area contributed by atoms with Crippen LogP contribution in [0.5, 0.6) is 0 Å². The molecule has 0 rings (SSSR count). The molecule has 0 aliphatic carbocycles. The van der Waals surface area contributed by atoms with Crippen LogP contribution in [0.1, 0.15) is 335 Å². The van der Waals surface area contributed by atoms with Crippen molar-refractivity contribution >= 4 is 19.8 Å². The van der Waals surface area contributed by atoms with Crippen LogP contribution in [0.3, 0.4) is 0 Å². The number of phosphoric acid groups is 1. The molecule has 0 aliphatic heterocycles. The molecule has 0 aromatic carbocycles. The number of phosphoric ester groups is 1. The quantitative estimate of drug-likeness (QED) is 0.0264. The van der Waals surface area contributed by atoms with Crippen molar-refractivity contribution in [1.29, 1.82) is 0 Å². The van der Waals surface area contributed by atoms with Crippen molar-refractivity contribution in [1.82, 2.24) is 0 Å². The first-order valence-electron chi connectivity index (χ1n) is 39.0. The van der Waals surface area contributed by atoms with E-state index in [1.165, 1.54) is 180 Å². The number of ether oxygens (including phenoxy) is 2. The molecule has 0 radical (unpaired) electrons. The predicted molar refractivity (Wildman–Crippen MR) is 413 cm³/mol. The molecule has 0 bridgehead atoms. The molecule has 2 atom stereocenters. The van der Waals surface area contributed by atoms with Crippen molar-refractivity contribution in [2.45, 2.75) is 341 Å². The van der Waals surface area contributed by atoms with Gasteiger partial charge in [-0.05, 0) is 122 Å². The van der Waals surface area contributed by atoms with Crippen molar-refractivity contribution in [2.75, 3.05) is 26.4 Å². The molecule has 0 saturated heterocycles. The van der Waals surface area contributed by atoms with E-state index in [9.17, 15) is 19.0 Å². The minimum absolute atomic E-state index is 0.0490. The Morgan fingerprint density at radius 1 is 0.316 bits per heavy atom. The highest BCUT2D eigenvalue weighted by Gasteiger charge is 2.26. The second-order valence-corrected chi connectivity index (χ2v) is 26.9. The van der Waals surface area contributed by atoms with Crippen molar-refractivity contribution in [3.63, 3.8) is 0 Å². The lowest BCUT2D eigenvalue weighted by Crippen LogP contribution is -2.29. The maximum atomic E-state index is 12.8. The van der Waals surface area contributed by atoms with Crippen LogP contribution in [0, 0.1) is 0 Å². The summed E-state index contributed by atoms with van der Waals surface area (Å²) in [5, 5.41) is 0. The minimum Gasteiger partial charge on any atom is -0.462 e. The molecule has 95 heavy (non-hydrogen) atoms. The molecule has 3 N–H and O–H groups in total. The zero-order valence-electron chi connectivity index (χ0n) is 61.1. The lowest BCUT2D eigenvalue weighted by molar-refractivity contribution is -0.161. The molecule has 0 heterocycles. The number of unbranched alkanes of at least 4 members (excludes halogenated alkanes) is 33. The van der Waals surface area contributed by atoms with E-state index in [2.05, 4.69) is 172 Å². The van der Waals surface area contributed by atoms with Gasteiger partial charge in [0.1, 0.15) is 6.61 Å². The van der Waals surface area contributed by atoms with Crippen molar-refractivity contribution in [3.05, 3.63) is 158 Å². The Morgan fingerprint density at radius 2 is 0.547 bits per heavy atom. The van der Waals surface area contributed by atoms with Gasteiger partial charge in [0.25, 0.3) is 0 Å². The minimum atomic E-state index is -4.40. The number of allylic oxidation sites excluding steroid dienone is 26. The first-order chi connectivity index (χ1) is 46.8. The third-order valence-corrected chi connectivity index (χ3v) is 17.4. The molecule has 9 nitrogen and oxygen atoms in total. The fourth-order valence-corrected chi connectivity index (χ4v) is 11.5. The maximum absolute atomic E-state index is 12.8. The molecule has 0 fully saturated rings. The molecular formula is C85H144NO8P. The summed E-state index contributed by atoms with van der Waals surface area (Å²) in [5.74, 6) is -0.822. The van der Waals surface area contributed by atoms with Gasteiger partial charge in [0.05, 0.1) is 13.2 Å². The monoisotopic (exact) mass is 1340 g/mol. The van der Waals surface area contributed by atoms with Crippen LogP contribution in [0.4, 0.5) is 0 Å². The Morgan fingerprint density at radius 3 is 0.811 bits per heavy atom. The Balaban J connectivity index is 3.85. The zero-order valence-corrected chi connectivity index (χ0v) is 62.0. The van der Waals surface area contributed by atoms with Crippen molar-refractivity contribution in [3.8, 4) is 0 Å². The molecule has 0 saturated carbocycles. The van der Waals surface area contributed by atoms with Crippen LogP contribution in [0.25, 0.3) is 0 Å². The van der Waals surface area contributed by atoms with Crippen molar-refractivity contribution in [2.24, 2.45) is 5.73 Å². The van der Waals surface area contributed by atoms with E-state index in [4.69, 9.17) is 24.3 Å². The fourth-order valence-electron chi connectivity index (χ4n) is 10.7. The average molecular weight is 1340 g/mol. The summed E-state index contributed by atoms with van der Waals surface area (Å²) in [7, 11) is -4.40. The van der Waals surface area contributed by atoms with Crippen LogP contribution in [-0.2, 0) is 32.7 Å². The normalized spacial score (nSPS) is 13.8. The third kappa shape index (κ3) is 78.5. The van der Waals surface area contributed by atoms with E-state index in [-0.39, 0.29) is 38.6 Å². The van der Waals surface area contributed by atoms with Crippen molar-refractivity contribution < 1.29 is 37.6 Å². The molecule has 0 aromatic heterocycles. The third-order valence-electron chi connectivity index (χ3n) is 16.4. The van der Waals surface area contributed by atoms with Crippen LogP contribution < -0.4 is 5.73 Å². The lowest BCUT2D eigenvalue weighted by atomic mass is 10.0. The summed E-state index contributed by atoms with van der Waals surface area (Å²) in [6.45, 7) is 3.54. The van der Waals surface area contributed by atoms with Crippen LogP contribution in [0.15, 0.2) is 158 Å². The van der Waals surface area contributed by atoms with Gasteiger partial charge in [0.2, 0.25) is 0 Å². The Kier molecular flexibility index (Phi) is 75.0. The topological polar surface area (TPSA) is 134 Å². The highest BCUT2D eigenvalue weighted by Crippen LogP contribution is 2.43. The number of hydrogen-bond acceptors (Lipinski definition) is 8. The molecule has 0 amide bonds. The predicted octanol–water partition coefficient (Wildman–Crippen LogP) is 26.3. The number of rotatable bonds is 72. The van der Waals surface area contributed by atoms with E-state index in [1.54, 1.807) is 0 Å². The van der Waals surface area contributed by atoms with E-state index in [1.807, 2.05) is 0 Å². The zero-order chi connectivity index (χ0) is 68.6. The summed E-state index contributed by atoms with van der Waals surface area (Å²) in [4.78, 5) is 35.5. The first kappa shape index (κ1) is 90.6. The van der Waals surface area contributed by atoms with Gasteiger partial charge in [0.15, 0.2) is 6.10 Å². The number of carbonyl (C=O) groups excluding carboxylic acids is 2. The second kappa shape index (κ2) is 78.6. The van der Waals surface area contributed by atoms with Gasteiger partial charge < -0.3 is 20.1 Å². The average Bonchev–Trinajstić information content (AvgIpc) is 3.16. The summed E-state index contributed by atoms with van der Waals surface area (Å²) >= 11 is 0. The fraction of sp³-hybridized carbons (Fsp3) is 0.671. The van der Waals surface area contributed by atoms with E-state index in [0.717, 1.165) is 122 Å². The summed E-state index contributed by atoms with van der Waals surface area (Å²) in [6.07, 6.45) is 115. The van der Waals surface area contributed by atoms with Gasteiger partial charge in [-0.2, -0.15) is 0 Å². The first-order valence-corrected chi connectivity index (χ1v) is 40.5. The summed E-state index contributed by atoms with van der Waals surface area (Å²) in [6, 6.07) is 0. The van der Waals surface area contributed by atoms with Gasteiger partial charge in [-0.25, -0.2) is 4.57 Å². The summed E-state index contributed by atoms with van der Waals surface area (Å²) < 4.78 is 33.3. The number of esters is 2. The molecule has 2 unspecified atom stereocenters. The molecule has 0 spiro atoms. The molecule has 10 heteroatoms. The molecular weight excluding hydrogens is 1190 g/mol. The molecule has 0 aliphatic rings. The van der Waals surface area contributed by atoms with Gasteiger partial charge >= 0.3 is 19.8 Å². The Hall–Kier alpha value is -4.37. The maximum Gasteiger partial charge on any atom is 0.472 e. The van der Waals surface area contributed by atoms with E-state index < -0.39 is 26.5 Å². The molecule has 0 aromatic rings. The standard InChI is InChI=1S/C85H144NO8P/c1-3-5-7-9-11-13-15-17-19-21-23-25-27-29-31-33-35-37-39-40-41-42-44-46-48-50-52-54-56-58-60-62-64-66-68-70-72-74-76-78-85(88)94-83(82-93-95(89,90)92-80-79-86)81-91-84(87)77-75-73-71-69-67-65-63-61-59-57-55-53-51-49-47-45-43-38-36-34-32-30-28-26-24-22-20-18-16-14-12-10-8-6-4-2/h5-8,11-14,17-20,23-26,29-32,35,37,40-41,44,46,83H,3-4,9-10,15-16,21-22,27-28,33-34,36,38-39,42-43,45,47-82,86H2,1-2H3,(H,89,90)/b7-5-,8-6-,13-11-,14-12-,19-17-,20-18-,25-23-,26-24-,31-29-,32-30-,37-35-,41-40-,46-44-. The lowest BCUT2D eigenvalue weighted by Gasteiger charge is -2.19. The van der Waals surface area contributed by atoms with Crippen LogP contribution in [-0.4, -0.2) is 49.3 Å². The molecule has 542 valence electrons. The SMILES string of the molecule is CC/C=C\C/C=C\C/C=C\C/C=C\C/C=C\C/C=C\C/C=C\C/C=C\CCCCCCCCCCCCCCCCC(=O)OC(COC(=O)CCCCCCCCCCCCCCCCCCCCC/C=C\C/C=C\C/C=C\C/C=C\C/C=C\CC)COP(=O)(O)OCCN. The Labute approximate surface area is 585 Å². The van der Waals surface area contributed by atoms with E-state index >= 15 is 0 Å². The van der Waals surface area contributed by atoms with Gasteiger partial charge in [-0.15, -0.1) is 0 Å². The van der Waals surface area contributed by atoms with Crippen LogP contribution in [0.2, 0.25) is 0 Å². The highest BCUT2D eigenvalue weighted by atomic mass is 31.2. The van der Waals surface area contributed by atoms with E-state index in [0.29, 0.717) is 6.42 Å². The largest absolute Gasteiger partial charge is 0.472 e. The smallest absolute Gasteiger partial charge is 0.462 e. The highest BCUT2D eigenvalue weighted by molar-refractivity contribution is 7.47. The number of nitrogens with two attached hydrogens (primary N) is 1. The second-order valence-electron chi connectivity index (χ2n) is 25.5. The summed E-state index contributed by atoms with van der Waals surface area (Å²) in [5.41, 5.74) is 5.41. The van der Waals surface area contributed by atoms with Gasteiger partial charge in [-0.1, -0.05) is 358 Å². The number of hydrogen-bond donors (Lipinski definition) is 2. The van der Waals surface area contributed by atoms with Crippen LogP contribution >= 0.6 is 7.82 Å².